The SMILES string of the molecule is COc1ccccc1OCC(=O)NNC(=S)NC(=O)CCC(=O)OCCCc1ccccc1. The average molecular weight is 474 g/mol. The molecule has 0 bridgehead atoms. The molecule has 2 aromatic carbocycles. The van der Waals surface area contributed by atoms with E-state index in [0.717, 1.165) is 6.42 Å². The van der Waals surface area contributed by atoms with Crippen LogP contribution in [0.3, 0.4) is 0 Å². The van der Waals surface area contributed by atoms with Gasteiger partial charge in [0, 0.05) is 6.42 Å². The van der Waals surface area contributed by atoms with E-state index in [1.807, 2.05) is 30.3 Å². The molecule has 2 rings (SSSR count). The molecule has 176 valence electrons. The number of para-hydroxylation sites is 2. The lowest BCUT2D eigenvalue weighted by atomic mass is 10.1. The molecular weight excluding hydrogens is 446 g/mol. The predicted molar refractivity (Wildman–Crippen MR) is 125 cm³/mol. The number of aryl methyl sites for hydroxylation is 1. The maximum atomic E-state index is 11.9. The largest absolute Gasteiger partial charge is 0.493 e. The van der Waals surface area contributed by atoms with E-state index in [2.05, 4.69) is 16.2 Å². The Kier molecular flexibility index (Phi) is 11.2. The number of rotatable bonds is 11. The lowest BCUT2D eigenvalue weighted by Gasteiger charge is -2.12. The molecule has 0 atom stereocenters. The van der Waals surface area contributed by atoms with Gasteiger partial charge in [0.1, 0.15) is 0 Å². The summed E-state index contributed by atoms with van der Waals surface area (Å²) >= 11 is 4.94. The molecule has 0 heterocycles. The van der Waals surface area contributed by atoms with Crippen LogP contribution < -0.4 is 25.6 Å². The van der Waals surface area contributed by atoms with Crippen LogP contribution in [-0.2, 0) is 25.5 Å². The number of carbonyl (C=O) groups is 3. The van der Waals surface area contributed by atoms with Gasteiger partial charge in [0.15, 0.2) is 23.2 Å². The van der Waals surface area contributed by atoms with Gasteiger partial charge in [-0.1, -0.05) is 42.5 Å². The third-order valence-corrected chi connectivity index (χ3v) is 4.47. The van der Waals surface area contributed by atoms with Gasteiger partial charge in [-0.05, 0) is 42.8 Å². The molecule has 0 unspecified atom stereocenters. The van der Waals surface area contributed by atoms with Crippen molar-refractivity contribution in [2.24, 2.45) is 0 Å². The second kappa shape index (κ2) is 14.4. The third kappa shape index (κ3) is 10.5. The number of carbonyl (C=O) groups excluding carboxylic acids is 3. The minimum absolute atomic E-state index is 0.0705. The van der Waals surface area contributed by atoms with E-state index >= 15 is 0 Å². The second-order valence-corrected chi connectivity index (χ2v) is 7.21. The molecule has 0 aliphatic rings. The Morgan fingerprint density at radius 2 is 1.58 bits per heavy atom. The number of thiocarbonyl (C=S) groups is 1. The number of benzene rings is 2. The fourth-order valence-electron chi connectivity index (χ4n) is 2.66. The summed E-state index contributed by atoms with van der Waals surface area (Å²) in [4.78, 5) is 35.5. The van der Waals surface area contributed by atoms with E-state index in [1.54, 1.807) is 24.3 Å². The quantitative estimate of drug-likeness (QED) is 0.197. The van der Waals surface area contributed by atoms with Crippen molar-refractivity contribution in [3.8, 4) is 11.5 Å². The van der Waals surface area contributed by atoms with Gasteiger partial charge < -0.3 is 19.5 Å². The molecule has 0 aromatic heterocycles. The Balaban J connectivity index is 1.54. The number of methoxy groups -OCH3 is 1. The molecule has 0 radical (unpaired) electrons. The van der Waals surface area contributed by atoms with Gasteiger partial charge in [0.05, 0.1) is 20.1 Å². The van der Waals surface area contributed by atoms with Crippen molar-refractivity contribution < 1.29 is 28.6 Å². The van der Waals surface area contributed by atoms with E-state index in [1.165, 1.54) is 12.7 Å². The van der Waals surface area contributed by atoms with Gasteiger partial charge in [0.2, 0.25) is 5.91 Å². The van der Waals surface area contributed by atoms with Crippen molar-refractivity contribution in [1.82, 2.24) is 16.2 Å². The Morgan fingerprint density at radius 1 is 0.879 bits per heavy atom. The summed E-state index contributed by atoms with van der Waals surface area (Å²) < 4.78 is 15.6. The van der Waals surface area contributed by atoms with Crippen molar-refractivity contribution in [2.75, 3.05) is 20.3 Å². The molecule has 0 aliphatic carbocycles. The normalized spacial score (nSPS) is 9.97. The number of nitrogens with one attached hydrogen (secondary N) is 3. The standard InChI is InChI=1S/C23H27N3O6S/c1-30-18-11-5-6-12-19(18)32-16-21(28)25-26-23(33)24-20(27)13-14-22(29)31-15-7-10-17-8-3-2-4-9-17/h2-6,8-9,11-12H,7,10,13-16H2,1H3,(H,25,28)(H2,24,26,27,33). The first-order chi connectivity index (χ1) is 16.0. The van der Waals surface area contributed by atoms with Gasteiger partial charge in [-0.25, -0.2) is 0 Å². The molecule has 33 heavy (non-hydrogen) atoms. The topological polar surface area (TPSA) is 115 Å². The number of amides is 2. The predicted octanol–water partition coefficient (Wildman–Crippen LogP) is 2.05. The van der Waals surface area contributed by atoms with E-state index in [0.29, 0.717) is 17.9 Å². The lowest BCUT2D eigenvalue weighted by Crippen LogP contribution is -2.49. The van der Waals surface area contributed by atoms with Crippen molar-refractivity contribution in [1.29, 1.82) is 0 Å². The smallest absolute Gasteiger partial charge is 0.306 e. The molecule has 0 aliphatic heterocycles. The zero-order valence-corrected chi connectivity index (χ0v) is 19.1. The Bertz CT molecular complexity index is 939. The van der Waals surface area contributed by atoms with Gasteiger partial charge in [-0.2, -0.15) is 0 Å². The molecule has 2 amide bonds. The summed E-state index contributed by atoms with van der Waals surface area (Å²) in [6.07, 6.45) is 1.35. The lowest BCUT2D eigenvalue weighted by molar-refractivity contribution is -0.145. The summed E-state index contributed by atoms with van der Waals surface area (Å²) in [5, 5.41) is 2.26. The second-order valence-electron chi connectivity index (χ2n) is 6.80. The molecule has 0 spiro atoms. The number of hydrogen-bond donors (Lipinski definition) is 3. The third-order valence-electron chi connectivity index (χ3n) is 4.27. The Morgan fingerprint density at radius 3 is 2.30 bits per heavy atom. The highest BCUT2D eigenvalue weighted by Gasteiger charge is 2.11. The molecule has 10 heteroatoms. The summed E-state index contributed by atoms with van der Waals surface area (Å²) in [7, 11) is 1.50. The van der Waals surface area contributed by atoms with Crippen LogP contribution in [0.25, 0.3) is 0 Å². The van der Waals surface area contributed by atoms with E-state index in [-0.39, 0.29) is 31.2 Å². The number of hydrogen-bond acceptors (Lipinski definition) is 7. The summed E-state index contributed by atoms with van der Waals surface area (Å²) in [5.74, 6) is -0.544. The molecule has 0 saturated heterocycles. The van der Waals surface area contributed by atoms with E-state index in [9.17, 15) is 14.4 Å². The van der Waals surface area contributed by atoms with Crippen molar-refractivity contribution in [2.45, 2.75) is 25.7 Å². The van der Waals surface area contributed by atoms with Crippen LogP contribution in [0, 0.1) is 0 Å². The van der Waals surface area contributed by atoms with Gasteiger partial charge >= 0.3 is 5.97 Å². The molecule has 9 nitrogen and oxygen atoms in total. The highest BCUT2D eigenvalue weighted by atomic mass is 32.1. The summed E-state index contributed by atoms with van der Waals surface area (Å²) in [6.45, 7) is -0.00167. The molecule has 0 saturated carbocycles. The van der Waals surface area contributed by atoms with Crippen molar-refractivity contribution >= 4 is 35.1 Å². The first-order valence-corrected chi connectivity index (χ1v) is 10.7. The average Bonchev–Trinajstić information content (AvgIpc) is 2.83. The van der Waals surface area contributed by atoms with E-state index < -0.39 is 17.8 Å². The highest BCUT2D eigenvalue weighted by Crippen LogP contribution is 2.25. The first-order valence-electron chi connectivity index (χ1n) is 10.3. The number of ether oxygens (including phenoxy) is 3. The zero-order chi connectivity index (χ0) is 23.9. The van der Waals surface area contributed by atoms with Crippen molar-refractivity contribution in [3.05, 3.63) is 60.2 Å². The molecule has 2 aromatic rings. The Hall–Kier alpha value is -3.66. The van der Waals surface area contributed by atoms with Crippen molar-refractivity contribution in [3.63, 3.8) is 0 Å². The minimum Gasteiger partial charge on any atom is -0.493 e. The molecule has 0 fully saturated rings. The number of esters is 1. The van der Waals surface area contributed by atoms with E-state index in [4.69, 9.17) is 26.4 Å². The monoisotopic (exact) mass is 473 g/mol. The minimum atomic E-state index is -0.517. The highest BCUT2D eigenvalue weighted by molar-refractivity contribution is 7.80. The maximum Gasteiger partial charge on any atom is 0.306 e. The Labute approximate surface area is 197 Å². The van der Waals surface area contributed by atoms with Gasteiger partial charge in [-0.15, -0.1) is 0 Å². The van der Waals surface area contributed by atoms with Crippen LogP contribution in [0.1, 0.15) is 24.8 Å². The van der Waals surface area contributed by atoms with Crippen LogP contribution in [-0.4, -0.2) is 43.2 Å². The summed E-state index contributed by atoms with van der Waals surface area (Å²) in [5.41, 5.74) is 5.88. The number of hydrazine groups is 1. The van der Waals surface area contributed by atoms with Gasteiger partial charge in [-0.3, -0.25) is 25.2 Å². The van der Waals surface area contributed by atoms with Crippen LogP contribution in [0.4, 0.5) is 0 Å². The first kappa shape index (κ1) is 25.6. The van der Waals surface area contributed by atoms with Crippen LogP contribution in [0.5, 0.6) is 11.5 Å². The fraction of sp³-hybridized carbons (Fsp3) is 0.304. The fourth-order valence-corrected chi connectivity index (χ4v) is 2.82. The molecule has 3 N–H and O–H groups in total. The zero-order valence-electron chi connectivity index (χ0n) is 18.3. The van der Waals surface area contributed by atoms with Crippen LogP contribution in [0.15, 0.2) is 54.6 Å². The van der Waals surface area contributed by atoms with Gasteiger partial charge in [0.25, 0.3) is 5.91 Å². The maximum absolute atomic E-state index is 11.9. The van der Waals surface area contributed by atoms with Crippen LogP contribution >= 0.6 is 12.2 Å². The van der Waals surface area contributed by atoms with Crippen LogP contribution in [0.2, 0.25) is 0 Å². The molecular formula is C23H27N3O6S. The summed E-state index contributed by atoms with van der Waals surface area (Å²) in [6, 6.07) is 16.8.